The molecule has 0 amide bonds. The Balaban J connectivity index is 3.28. The zero-order valence-corrected chi connectivity index (χ0v) is 7.23. The van der Waals surface area contributed by atoms with Crippen molar-refractivity contribution in [3.05, 3.63) is 35.7 Å². The minimum absolute atomic E-state index is 0.231. The smallest absolute Gasteiger partial charge is 0.126 e. The maximum atomic E-state index is 13.0. The standard InChI is InChI=1S/C10H11FO/c1-4-8-6-9(11)7(2)5-10(8)12-3/h4-6H,1H2,2-3H3. The fraction of sp³-hybridized carbons (Fsp3) is 0.200. The summed E-state index contributed by atoms with van der Waals surface area (Å²) in [6.07, 6.45) is 1.57. The van der Waals surface area contributed by atoms with Gasteiger partial charge in [-0.25, -0.2) is 4.39 Å². The summed E-state index contributed by atoms with van der Waals surface area (Å²) in [5, 5.41) is 0. The zero-order chi connectivity index (χ0) is 9.14. The van der Waals surface area contributed by atoms with E-state index < -0.39 is 0 Å². The Morgan fingerprint density at radius 1 is 1.50 bits per heavy atom. The SMILES string of the molecule is C=Cc1cc(F)c(C)cc1OC. The van der Waals surface area contributed by atoms with Crippen LogP contribution in [0.2, 0.25) is 0 Å². The molecule has 12 heavy (non-hydrogen) atoms. The van der Waals surface area contributed by atoms with Gasteiger partial charge in [-0.2, -0.15) is 0 Å². The predicted molar refractivity (Wildman–Crippen MR) is 47.8 cm³/mol. The molecule has 0 saturated heterocycles. The molecule has 0 aromatic heterocycles. The maximum Gasteiger partial charge on any atom is 0.126 e. The van der Waals surface area contributed by atoms with E-state index in [0.29, 0.717) is 16.9 Å². The van der Waals surface area contributed by atoms with Crippen LogP contribution in [-0.2, 0) is 0 Å². The number of hydrogen-bond donors (Lipinski definition) is 0. The summed E-state index contributed by atoms with van der Waals surface area (Å²) in [6, 6.07) is 3.08. The van der Waals surface area contributed by atoms with Crippen molar-refractivity contribution in [1.82, 2.24) is 0 Å². The first-order valence-electron chi connectivity index (χ1n) is 3.65. The van der Waals surface area contributed by atoms with Crippen molar-refractivity contribution in [2.24, 2.45) is 0 Å². The van der Waals surface area contributed by atoms with Crippen LogP contribution in [0.5, 0.6) is 5.75 Å². The topological polar surface area (TPSA) is 9.23 Å². The van der Waals surface area contributed by atoms with Gasteiger partial charge >= 0.3 is 0 Å². The van der Waals surface area contributed by atoms with Crippen molar-refractivity contribution < 1.29 is 9.13 Å². The molecular weight excluding hydrogens is 155 g/mol. The van der Waals surface area contributed by atoms with E-state index in [1.807, 2.05) is 0 Å². The van der Waals surface area contributed by atoms with Crippen LogP contribution in [0.3, 0.4) is 0 Å². The molecule has 0 aliphatic carbocycles. The van der Waals surface area contributed by atoms with E-state index in [4.69, 9.17) is 4.74 Å². The Labute approximate surface area is 71.5 Å². The van der Waals surface area contributed by atoms with Gasteiger partial charge in [0.05, 0.1) is 7.11 Å². The number of ether oxygens (including phenoxy) is 1. The van der Waals surface area contributed by atoms with Crippen LogP contribution in [0, 0.1) is 12.7 Å². The average Bonchev–Trinajstić information content (AvgIpc) is 2.09. The Hall–Kier alpha value is -1.31. The van der Waals surface area contributed by atoms with Gasteiger partial charge in [-0.1, -0.05) is 12.7 Å². The lowest BCUT2D eigenvalue weighted by atomic mass is 10.1. The summed E-state index contributed by atoms with van der Waals surface area (Å²) in [5.74, 6) is 0.426. The molecule has 0 aliphatic rings. The minimum atomic E-state index is -0.231. The maximum absolute atomic E-state index is 13.0. The van der Waals surface area contributed by atoms with E-state index in [2.05, 4.69) is 6.58 Å². The van der Waals surface area contributed by atoms with Gasteiger partial charge in [0.15, 0.2) is 0 Å². The van der Waals surface area contributed by atoms with Crippen LogP contribution in [-0.4, -0.2) is 7.11 Å². The molecule has 1 rings (SSSR count). The summed E-state index contributed by atoms with van der Waals surface area (Å²) in [4.78, 5) is 0. The Morgan fingerprint density at radius 2 is 2.17 bits per heavy atom. The van der Waals surface area contributed by atoms with Crippen LogP contribution >= 0.6 is 0 Å². The summed E-state index contributed by atoms with van der Waals surface area (Å²) in [7, 11) is 1.56. The van der Waals surface area contributed by atoms with Gasteiger partial charge in [0.1, 0.15) is 11.6 Å². The number of aryl methyl sites for hydroxylation is 1. The van der Waals surface area contributed by atoms with E-state index in [-0.39, 0.29) is 5.82 Å². The zero-order valence-electron chi connectivity index (χ0n) is 7.23. The van der Waals surface area contributed by atoms with Crippen molar-refractivity contribution in [2.75, 3.05) is 7.11 Å². The Bertz CT molecular complexity index is 305. The highest BCUT2D eigenvalue weighted by molar-refractivity contribution is 5.56. The quantitative estimate of drug-likeness (QED) is 0.656. The normalized spacial score (nSPS) is 9.58. The van der Waals surface area contributed by atoms with Crippen molar-refractivity contribution in [3.63, 3.8) is 0 Å². The molecule has 0 N–H and O–H groups in total. The predicted octanol–water partition coefficient (Wildman–Crippen LogP) is 2.79. The van der Waals surface area contributed by atoms with Crippen molar-refractivity contribution in [3.8, 4) is 5.75 Å². The third kappa shape index (κ3) is 1.47. The first-order chi connectivity index (χ1) is 5.69. The van der Waals surface area contributed by atoms with E-state index in [0.717, 1.165) is 0 Å². The second kappa shape index (κ2) is 3.39. The molecule has 0 radical (unpaired) electrons. The van der Waals surface area contributed by atoms with Crippen molar-refractivity contribution in [1.29, 1.82) is 0 Å². The summed E-state index contributed by atoms with van der Waals surface area (Å²) < 4.78 is 18.0. The summed E-state index contributed by atoms with van der Waals surface area (Å²) >= 11 is 0. The van der Waals surface area contributed by atoms with E-state index in [9.17, 15) is 4.39 Å². The lowest BCUT2D eigenvalue weighted by Crippen LogP contribution is -1.90. The molecule has 0 saturated carbocycles. The Morgan fingerprint density at radius 3 is 2.67 bits per heavy atom. The first-order valence-corrected chi connectivity index (χ1v) is 3.65. The van der Waals surface area contributed by atoms with E-state index >= 15 is 0 Å². The molecule has 1 nitrogen and oxygen atoms in total. The highest BCUT2D eigenvalue weighted by Gasteiger charge is 2.04. The van der Waals surface area contributed by atoms with Crippen LogP contribution in [0.25, 0.3) is 6.08 Å². The van der Waals surface area contributed by atoms with Gasteiger partial charge in [-0.05, 0) is 24.6 Å². The van der Waals surface area contributed by atoms with Gasteiger partial charge in [0, 0.05) is 5.56 Å². The number of methoxy groups -OCH3 is 1. The summed E-state index contributed by atoms with van der Waals surface area (Å²) in [6.45, 7) is 5.26. The molecule has 0 spiro atoms. The fourth-order valence-electron chi connectivity index (χ4n) is 1.01. The average molecular weight is 166 g/mol. The molecular formula is C10H11FO. The van der Waals surface area contributed by atoms with Crippen LogP contribution in [0.4, 0.5) is 4.39 Å². The second-order valence-corrected chi connectivity index (χ2v) is 2.55. The largest absolute Gasteiger partial charge is 0.496 e. The van der Waals surface area contributed by atoms with Gasteiger partial charge < -0.3 is 4.74 Å². The molecule has 0 atom stereocenters. The van der Waals surface area contributed by atoms with Gasteiger partial charge in [0.2, 0.25) is 0 Å². The number of hydrogen-bond acceptors (Lipinski definition) is 1. The van der Waals surface area contributed by atoms with Gasteiger partial charge in [0.25, 0.3) is 0 Å². The molecule has 64 valence electrons. The van der Waals surface area contributed by atoms with E-state index in [1.165, 1.54) is 6.07 Å². The molecule has 1 aromatic rings. The molecule has 0 bridgehead atoms. The monoisotopic (exact) mass is 166 g/mol. The first kappa shape index (κ1) is 8.78. The van der Waals surface area contributed by atoms with Crippen molar-refractivity contribution in [2.45, 2.75) is 6.92 Å². The Kier molecular flexibility index (Phi) is 2.48. The van der Waals surface area contributed by atoms with Crippen LogP contribution in [0.15, 0.2) is 18.7 Å². The molecule has 1 aromatic carbocycles. The summed E-state index contributed by atoms with van der Waals surface area (Å²) in [5.41, 5.74) is 1.26. The number of halogens is 1. The van der Waals surface area contributed by atoms with Gasteiger partial charge in [-0.3, -0.25) is 0 Å². The fourth-order valence-corrected chi connectivity index (χ4v) is 1.01. The molecule has 2 heteroatoms. The minimum Gasteiger partial charge on any atom is -0.496 e. The third-order valence-electron chi connectivity index (χ3n) is 1.73. The molecule has 0 unspecified atom stereocenters. The van der Waals surface area contributed by atoms with E-state index in [1.54, 1.807) is 26.2 Å². The van der Waals surface area contributed by atoms with Gasteiger partial charge in [-0.15, -0.1) is 0 Å². The lowest BCUT2D eigenvalue weighted by Gasteiger charge is -2.06. The molecule has 0 heterocycles. The molecule has 0 aliphatic heterocycles. The second-order valence-electron chi connectivity index (χ2n) is 2.55. The van der Waals surface area contributed by atoms with Crippen LogP contribution in [0.1, 0.15) is 11.1 Å². The van der Waals surface area contributed by atoms with Crippen LogP contribution < -0.4 is 4.74 Å². The molecule has 0 fully saturated rings. The lowest BCUT2D eigenvalue weighted by molar-refractivity contribution is 0.412. The highest BCUT2D eigenvalue weighted by atomic mass is 19.1. The highest BCUT2D eigenvalue weighted by Crippen LogP contribution is 2.22. The van der Waals surface area contributed by atoms with Crippen molar-refractivity contribution >= 4 is 6.08 Å². The third-order valence-corrected chi connectivity index (χ3v) is 1.73. The number of rotatable bonds is 2. The number of benzene rings is 1.